The van der Waals surface area contributed by atoms with Gasteiger partial charge in [-0.1, -0.05) is 34.1 Å². The van der Waals surface area contributed by atoms with Crippen molar-refractivity contribution < 1.29 is 4.79 Å². The molecule has 0 bridgehead atoms. The van der Waals surface area contributed by atoms with Gasteiger partial charge in [-0.05, 0) is 49.2 Å². The van der Waals surface area contributed by atoms with Crippen molar-refractivity contribution in [3.63, 3.8) is 0 Å². The number of carbonyl (C=O) groups excluding carboxylic acids is 1. The van der Waals surface area contributed by atoms with Crippen molar-refractivity contribution in [1.29, 1.82) is 0 Å². The van der Waals surface area contributed by atoms with Crippen LogP contribution in [0.4, 0.5) is 5.69 Å². The molecule has 0 aliphatic heterocycles. The molecule has 0 saturated carbocycles. The lowest BCUT2D eigenvalue weighted by Gasteiger charge is -2.09. The van der Waals surface area contributed by atoms with E-state index in [2.05, 4.69) is 21.2 Å². The van der Waals surface area contributed by atoms with E-state index in [0.717, 1.165) is 26.9 Å². The maximum atomic E-state index is 12.2. The van der Waals surface area contributed by atoms with Crippen molar-refractivity contribution in [3.8, 4) is 0 Å². The molecule has 1 N–H and O–H groups in total. The molecule has 3 heteroatoms. The molecule has 2 nitrogen and oxygen atoms in total. The highest BCUT2D eigenvalue weighted by Crippen LogP contribution is 2.18. The van der Waals surface area contributed by atoms with Crippen molar-refractivity contribution >= 4 is 27.5 Å². The Kier molecular flexibility index (Phi) is 3.82. The topological polar surface area (TPSA) is 29.1 Å². The van der Waals surface area contributed by atoms with Crippen LogP contribution in [0, 0.1) is 13.8 Å². The van der Waals surface area contributed by atoms with Crippen molar-refractivity contribution in [3.05, 3.63) is 63.6 Å². The second kappa shape index (κ2) is 5.36. The lowest BCUT2D eigenvalue weighted by Crippen LogP contribution is -2.13. The Morgan fingerprint density at radius 2 is 1.83 bits per heavy atom. The van der Waals surface area contributed by atoms with E-state index in [9.17, 15) is 4.79 Å². The van der Waals surface area contributed by atoms with Crippen LogP contribution in [-0.2, 0) is 0 Å². The van der Waals surface area contributed by atoms with Crippen LogP contribution in [-0.4, -0.2) is 5.91 Å². The lowest BCUT2D eigenvalue weighted by molar-refractivity contribution is 0.102. The molecular formula is C15H14BrNO. The SMILES string of the molecule is Cc1cccc(C(=O)Nc2cccc(Br)c2)c1C. The molecule has 2 aromatic rings. The zero-order chi connectivity index (χ0) is 13.1. The van der Waals surface area contributed by atoms with Crippen LogP contribution in [0.3, 0.4) is 0 Å². The molecule has 0 unspecified atom stereocenters. The first-order valence-corrected chi connectivity index (χ1v) is 6.50. The van der Waals surface area contributed by atoms with Gasteiger partial charge in [0, 0.05) is 15.7 Å². The highest BCUT2D eigenvalue weighted by molar-refractivity contribution is 9.10. The van der Waals surface area contributed by atoms with Gasteiger partial charge in [0.25, 0.3) is 5.91 Å². The van der Waals surface area contributed by atoms with E-state index in [0.29, 0.717) is 0 Å². The zero-order valence-electron chi connectivity index (χ0n) is 10.3. The molecule has 0 spiro atoms. The van der Waals surface area contributed by atoms with Gasteiger partial charge in [0.1, 0.15) is 0 Å². The number of aryl methyl sites for hydroxylation is 1. The van der Waals surface area contributed by atoms with Crippen LogP contribution >= 0.6 is 15.9 Å². The number of nitrogens with one attached hydrogen (secondary N) is 1. The fourth-order valence-electron chi connectivity index (χ4n) is 1.76. The summed E-state index contributed by atoms with van der Waals surface area (Å²) in [5, 5.41) is 2.90. The first kappa shape index (κ1) is 12.8. The van der Waals surface area contributed by atoms with Crippen LogP contribution in [0.25, 0.3) is 0 Å². The summed E-state index contributed by atoms with van der Waals surface area (Å²) in [5.41, 5.74) is 3.65. The molecule has 0 atom stereocenters. The fraction of sp³-hybridized carbons (Fsp3) is 0.133. The number of rotatable bonds is 2. The molecule has 1 amide bonds. The summed E-state index contributed by atoms with van der Waals surface area (Å²) in [7, 11) is 0. The zero-order valence-corrected chi connectivity index (χ0v) is 11.9. The summed E-state index contributed by atoms with van der Waals surface area (Å²) in [6, 6.07) is 13.3. The van der Waals surface area contributed by atoms with E-state index in [1.807, 2.05) is 56.3 Å². The minimum Gasteiger partial charge on any atom is -0.322 e. The summed E-state index contributed by atoms with van der Waals surface area (Å²) in [6.45, 7) is 3.97. The molecule has 0 aliphatic rings. The number of halogens is 1. The number of amides is 1. The summed E-state index contributed by atoms with van der Waals surface area (Å²) < 4.78 is 0.946. The first-order valence-electron chi connectivity index (χ1n) is 5.71. The maximum Gasteiger partial charge on any atom is 0.255 e. The molecule has 0 aliphatic carbocycles. The van der Waals surface area contributed by atoms with Gasteiger partial charge in [-0.2, -0.15) is 0 Å². The third kappa shape index (κ3) is 2.79. The Bertz CT molecular complexity index is 593. The average molecular weight is 304 g/mol. The number of carbonyl (C=O) groups is 1. The highest BCUT2D eigenvalue weighted by Gasteiger charge is 2.10. The maximum absolute atomic E-state index is 12.2. The van der Waals surface area contributed by atoms with Gasteiger partial charge in [0.15, 0.2) is 0 Å². The van der Waals surface area contributed by atoms with Gasteiger partial charge in [-0.3, -0.25) is 4.79 Å². The molecule has 0 radical (unpaired) electrons. The molecule has 2 aromatic carbocycles. The van der Waals surface area contributed by atoms with Gasteiger partial charge in [-0.25, -0.2) is 0 Å². The molecular weight excluding hydrogens is 290 g/mol. The van der Waals surface area contributed by atoms with E-state index in [1.165, 1.54) is 0 Å². The van der Waals surface area contributed by atoms with Crippen LogP contribution in [0.1, 0.15) is 21.5 Å². The van der Waals surface area contributed by atoms with Gasteiger partial charge in [0.2, 0.25) is 0 Å². The molecule has 92 valence electrons. The van der Waals surface area contributed by atoms with E-state index in [4.69, 9.17) is 0 Å². The van der Waals surface area contributed by atoms with E-state index in [-0.39, 0.29) is 5.91 Å². The van der Waals surface area contributed by atoms with Crippen molar-refractivity contribution in [2.45, 2.75) is 13.8 Å². The largest absolute Gasteiger partial charge is 0.322 e. The van der Waals surface area contributed by atoms with Crippen molar-refractivity contribution in [1.82, 2.24) is 0 Å². The molecule has 0 fully saturated rings. The summed E-state index contributed by atoms with van der Waals surface area (Å²) in [4.78, 5) is 12.2. The summed E-state index contributed by atoms with van der Waals surface area (Å²) in [5.74, 6) is -0.0747. The second-order valence-corrected chi connectivity index (χ2v) is 5.13. The van der Waals surface area contributed by atoms with Crippen molar-refractivity contribution in [2.24, 2.45) is 0 Å². The average Bonchev–Trinajstić information content (AvgIpc) is 2.32. The minimum atomic E-state index is -0.0747. The minimum absolute atomic E-state index is 0.0747. The Hall–Kier alpha value is -1.61. The third-order valence-electron chi connectivity index (χ3n) is 2.93. The number of benzene rings is 2. The van der Waals surface area contributed by atoms with Crippen LogP contribution in [0.5, 0.6) is 0 Å². The highest BCUT2D eigenvalue weighted by atomic mass is 79.9. The van der Waals surface area contributed by atoms with Gasteiger partial charge >= 0.3 is 0 Å². The number of hydrogen-bond acceptors (Lipinski definition) is 1. The molecule has 0 heterocycles. The molecule has 0 aromatic heterocycles. The smallest absolute Gasteiger partial charge is 0.255 e. The molecule has 18 heavy (non-hydrogen) atoms. The lowest BCUT2D eigenvalue weighted by atomic mass is 10.0. The normalized spacial score (nSPS) is 10.2. The van der Waals surface area contributed by atoms with Crippen LogP contribution in [0.15, 0.2) is 46.9 Å². The predicted octanol–water partition coefficient (Wildman–Crippen LogP) is 4.32. The van der Waals surface area contributed by atoms with Gasteiger partial charge in [-0.15, -0.1) is 0 Å². The Balaban J connectivity index is 2.25. The summed E-state index contributed by atoms with van der Waals surface area (Å²) >= 11 is 3.38. The number of anilines is 1. The van der Waals surface area contributed by atoms with Gasteiger partial charge in [0.05, 0.1) is 0 Å². The second-order valence-electron chi connectivity index (χ2n) is 4.21. The van der Waals surface area contributed by atoms with Crippen LogP contribution < -0.4 is 5.32 Å². The standard InChI is InChI=1S/C15H14BrNO/c1-10-5-3-8-14(11(10)2)15(18)17-13-7-4-6-12(16)9-13/h3-9H,1-2H3,(H,17,18). The fourth-order valence-corrected chi connectivity index (χ4v) is 2.16. The Labute approximate surface area is 115 Å². The van der Waals surface area contributed by atoms with Crippen LogP contribution in [0.2, 0.25) is 0 Å². The predicted molar refractivity (Wildman–Crippen MR) is 78.0 cm³/mol. The first-order chi connectivity index (χ1) is 8.58. The Morgan fingerprint density at radius 1 is 1.11 bits per heavy atom. The molecule has 2 rings (SSSR count). The molecule has 0 saturated heterocycles. The summed E-state index contributed by atoms with van der Waals surface area (Å²) in [6.07, 6.45) is 0. The van der Waals surface area contributed by atoms with E-state index >= 15 is 0 Å². The van der Waals surface area contributed by atoms with Gasteiger partial charge < -0.3 is 5.32 Å². The monoisotopic (exact) mass is 303 g/mol. The van der Waals surface area contributed by atoms with E-state index in [1.54, 1.807) is 0 Å². The Morgan fingerprint density at radius 3 is 2.56 bits per heavy atom. The van der Waals surface area contributed by atoms with Crippen molar-refractivity contribution in [2.75, 3.05) is 5.32 Å². The quantitative estimate of drug-likeness (QED) is 0.879. The third-order valence-corrected chi connectivity index (χ3v) is 3.42. The van der Waals surface area contributed by atoms with E-state index < -0.39 is 0 Å². The number of hydrogen-bond donors (Lipinski definition) is 1.